The average Bonchev–Trinajstić information content (AvgIpc) is 3.28. The highest BCUT2D eigenvalue weighted by Gasteiger charge is 2.20. The molecule has 1 N–H and O–H groups in total. The predicted octanol–water partition coefficient (Wildman–Crippen LogP) is 4.27. The highest BCUT2D eigenvalue weighted by Crippen LogP contribution is 2.22. The standard InChI is InChI=1S/C23H24F3N5O2S/c1-4-9-30(11-19(32)28-18-8-7-17(24)21(25)22(18)26)20(33)12-34-23-29-27-13-31(23)16-6-5-14(2)15(3)10-16/h5-8,10,13H,4,9,11-12H2,1-3H3,(H,28,32). The number of carbonyl (C=O) groups is 2. The van der Waals surface area contributed by atoms with Gasteiger partial charge < -0.3 is 10.2 Å². The van der Waals surface area contributed by atoms with Gasteiger partial charge in [0.1, 0.15) is 6.33 Å². The Balaban J connectivity index is 1.65. The van der Waals surface area contributed by atoms with Gasteiger partial charge >= 0.3 is 0 Å². The number of hydrogen-bond donors (Lipinski definition) is 1. The van der Waals surface area contributed by atoms with Crippen LogP contribution in [0.1, 0.15) is 24.5 Å². The second kappa shape index (κ2) is 11.2. The fourth-order valence-corrected chi connectivity index (χ4v) is 3.97. The summed E-state index contributed by atoms with van der Waals surface area (Å²) < 4.78 is 42.1. The van der Waals surface area contributed by atoms with Crippen molar-refractivity contribution in [2.45, 2.75) is 32.3 Å². The van der Waals surface area contributed by atoms with Crippen LogP contribution in [0, 0.1) is 31.3 Å². The van der Waals surface area contributed by atoms with Gasteiger partial charge in [-0.25, -0.2) is 13.2 Å². The summed E-state index contributed by atoms with van der Waals surface area (Å²) in [4.78, 5) is 26.5. The summed E-state index contributed by atoms with van der Waals surface area (Å²) in [5.74, 6) is -5.59. The van der Waals surface area contributed by atoms with E-state index in [2.05, 4.69) is 15.5 Å². The van der Waals surface area contributed by atoms with Crippen molar-refractivity contribution in [2.24, 2.45) is 0 Å². The number of rotatable bonds is 9. The molecule has 0 fully saturated rings. The Hall–Kier alpha value is -3.34. The first kappa shape index (κ1) is 25.3. The normalized spacial score (nSPS) is 10.9. The molecule has 0 bridgehead atoms. The molecule has 0 saturated carbocycles. The summed E-state index contributed by atoms with van der Waals surface area (Å²) in [6, 6.07) is 7.55. The average molecular weight is 492 g/mol. The zero-order valence-corrected chi connectivity index (χ0v) is 19.8. The molecule has 0 aliphatic carbocycles. The van der Waals surface area contributed by atoms with Gasteiger partial charge in [0.2, 0.25) is 11.8 Å². The lowest BCUT2D eigenvalue weighted by atomic mass is 10.1. The number of nitrogens with zero attached hydrogens (tertiary/aromatic N) is 4. The number of aromatic nitrogens is 3. The van der Waals surface area contributed by atoms with Crippen LogP contribution in [0.2, 0.25) is 0 Å². The highest BCUT2D eigenvalue weighted by molar-refractivity contribution is 7.99. The van der Waals surface area contributed by atoms with Crippen molar-refractivity contribution in [2.75, 3.05) is 24.2 Å². The number of carbonyl (C=O) groups excluding carboxylic acids is 2. The second-order valence-electron chi connectivity index (χ2n) is 7.63. The molecular weight excluding hydrogens is 467 g/mol. The monoisotopic (exact) mass is 491 g/mol. The SMILES string of the molecule is CCCN(CC(=O)Nc1ccc(F)c(F)c1F)C(=O)CSc1nncn1-c1ccc(C)c(C)c1. The van der Waals surface area contributed by atoms with Crippen molar-refractivity contribution in [3.63, 3.8) is 0 Å². The number of anilines is 1. The summed E-state index contributed by atoms with van der Waals surface area (Å²) in [6.07, 6.45) is 2.15. The van der Waals surface area contributed by atoms with Crippen LogP contribution in [0.4, 0.5) is 18.9 Å². The number of benzene rings is 2. The van der Waals surface area contributed by atoms with Crippen molar-refractivity contribution in [3.8, 4) is 5.69 Å². The Morgan fingerprint density at radius 1 is 1.09 bits per heavy atom. The van der Waals surface area contributed by atoms with Crippen LogP contribution in [0.25, 0.3) is 5.69 Å². The lowest BCUT2D eigenvalue weighted by Gasteiger charge is -2.21. The van der Waals surface area contributed by atoms with Crippen LogP contribution >= 0.6 is 11.8 Å². The van der Waals surface area contributed by atoms with Crippen molar-refractivity contribution < 1.29 is 22.8 Å². The molecule has 34 heavy (non-hydrogen) atoms. The van der Waals surface area contributed by atoms with E-state index >= 15 is 0 Å². The Bertz CT molecular complexity index is 1200. The minimum Gasteiger partial charge on any atom is -0.333 e. The topological polar surface area (TPSA) is 80.1 Å². The highest BCUT2D eigenvalue weighted by atomic mass is 32.2. The third kappa shape index (κ3) is 5.96. The van der Waals surface area contributed by atoms with Crippen molar-refractivity contribution >= 4 is 29.3 Å². The fourth-order valence-electron chi connectivity index (χ4n) is 3.14. The summed E-state index contributed by atoms with van der Waals surface area (Å²) in [7, 11) is 0. The molecule has 180 valence electrons. The Morgan fingerprint density at radius 2 is 1.85 bits per heavy atom. The number of amides is 2. The molecule has 11 heteroatoms. The van der Waals surface area contributed by atoms with Gasteiger partial charge in [0.05, 0.1) is 18.0 Å². The van der Waals surface area contributed by atoms with E-state index in [0.717, 1.165) is 22.9 Å². The van der Waals surface area contributed by atoms with Crippen molar-refractivity contribution in [3.05, 3.63) is 65.2 Å². The van der Waals surface area contributed by atoms with Gasteiger partial charge in [-0.2, -0.15) is 0 Å². The molecule has 0 aliphatic rings. The Kier molecular flexibility index (Phi) is 8.32. The van der Waals surface area contributed by atoms with E-state index < -0.39 is 29.0 Å². The van der Waals surface area contributed by atoms with Gasteiger partial charge in [0, 0.05) is 12.2 Å². The summed E-state index contributed by atoms with van der Waals surface area (Å²) in [5, 5.41) is 10.7. The Labute approximate surface area is 199 Å². The van der Waals surface area contributed by atoms with Gasteiger partial charge in [-0.15, -0.1) is 10.2 Å². The molecule has 1 aromatic heterocycles. The van der Waals surface area contributed by atoms with Crippen LogP contribution in [0.15, 0.2) is 41.8 Å². The first-order valence-electron chi connectivity index (χ1n) is 10.5. The number of halogens is 3. The summed E-state index contributed by atoms with van der Waals surface area (Å²) in [6.45, 7) is 5.78. The minimum atomic E-state index is -1.68. The number of nitrogens with one attached hydrogen (secondary N) is 1. The molecule has 7 nitrogen and oxygen atoms in total. The predicted molar refractivity (Wildman–Crippen MR) is 123 cm³/mol. The minimum absolute atomic E-state index is 0.00362. The first-order valence-corrected chi connectivity index (χ1v) is 11.5. The maximum Gasteiger partial charge on any atom is 0.244 e. The molecule has 3 rings (SSSR count). The number of thioether (sulfide) groups is 1. The molecule has 3 aromatic rings. The van der Waals surface area contributed by atoms with E-state index in [4.69, 9.17) is 0 Å². The van der Waals surface area contributed by atoms with Crippen LogP contribution in [0.5, 0.6) is 0 Å². The number of aryl methyl sites for hydroxylation is 2. The largest absolute Gasteiger partial charge is 0.333 e. The molecule has 0 saturated heterocycles. The van der Waals surface area contributed by atoms with Gasteiger partial charge in [-0.1, -0.05) is 24.8 Å². The molecule has 1 heterocycles. The molecular formula is C23H24F3N5O2S. The zero-order valence-electron chi connectivity index (χ0n) is 18.9. The van der Waals surface area contributed by atoms with Crippen molar-refractivity contribution in [1.82, 2.24) is 19.7 Å². The number of hydrogen-bond acceptors (Lipinski definition) is 5. The molecule has 2 aromatic carbocycles. The maximum atomic E-state index is 13.8. The van der Waals surface area contributed by atoms with Gasteiger partial charge in [-0.3, -0.25) is 14.2 Å². The lowest BCUT2D eigenvalue weighted by molar-refractivity contribution is -0.132. The van der Waals surface area contributed by atoms with E-state index in [1.165, 1.54) is 16.7 Å². The molecule has 0 spiro atoms. The summed E-state index contributed by atoms with van der Waals surface area (Å²) >= 11 is 1.17. The van der Waals surface area contributed by atoms with Gasteiger partial charge in [0.25, 0.3) is 0 Å². The van der Waals surface area contributed by atoms with Crippen LogP contribution < -0.4 is 5.32 Å². The van der Waals surface area contributed by atoms with Crippen LogP contribution in [0.3, 0.4) is 0 Å². The molecule has 0 radical (unpaired) electrons. The van der Waals surface area contributed by atoms with Gasteiger partial charge in [0.15, 0.2) is 22.6 Å². The Morgan fingerprint density at radius 3 is 2.56 bits per heavy atom. The smallest absolute Gasteiger partial charge is 0.244 e. The quantitative estimate of drug-likeness (QED) is 0.357. The molecule has 0 aliphatic heterocycles. The van der Waals surface area contributed by atoms with E-state index in [9.17, 15) is 22.8 Å². The summed E-state index contributed by atoms with van der Waals surface area (Å²) in [5.41, 5.74) is 2.62. The van der Waals surface area contributed by atoms with Gasteiger partial charge in [-0.05, 0) is 55.7 Å². The fraction of sp³-hybridized carbons (Fsp3) is 0.304. The first-order chi connectivity index (χ1) is 16.2. The third-order valence-corrected chi connectivity index (χ3v) is 6.03. The molecule has 0 unspecified atom stereocenters. The maximum absolute atomic E-state index is 13.8. The molecule has 2 amide bonds. The van der Waals surface area contributed by atoms with E-state index in [-0.39, 0.29) is 24.7 Å². The van der Waals surface area contributed by atoms with Crippen LogP contribution in [-0.2, 0) is 9.59 Å². The van der Waals surface area contributed by atoms with Crippen molar-refractivity contribution in [1.29, 1.82) is 0 Å². The second-order valence-corrected chi connectivity index (χ2v) is 8.57. The van der Waals surface area contributed by atoms with E-state index in [0.29, 0.717) is 17.6 Å². The lowest BCUT2D eigenvalue weighted by Crippen LogP contribution is -2.39. The third-order valence-electron chi connectivity index (χ3n) is 5.10. The van der Waals surface area contributed by atoms with E-state index in [1.807, 2.05) is 39.0 Å². The zero-order chi connectivity index (χ0) is 24.8. The van der Waals surface area contributed by atoms with Crippen LogP contribution in [-0.4, -0.2) is 50.3 Å². The molecule has 0 atom stereocenters. The van der Waals surface area contributed by atoms with E-state index in [1.54, 1.807) is 10.9 Å².